The van der Waals surface area contributed by atoms with Gasteiger partial charge in [-0.15, -0.1) is 0 Å². The minimum absolute atomic E-state index is 0.0593. The summed E-state index contributed by atoms with van der Waals surface area (Å²) in [6.07, 6.45) is 1.59. The van der Waals surface area contributed by atoms with Crippen LogP contribution >= 0.6 is 0 Å². The van der Waals surface area contributed by atoms with Gasteiger partial charge in [0.15, 0.2) is 0 Å². The van der Waals surface area contributed by atoms with E-state index < -0.39 is 0 Å². The van der Waals surface area contributed by atoms with Gasteiger partial charge in [-0.3, -0.25) is 4.79 Å². The van der Waals surface area contributed by atoms with Gasteiger partial charge < -0.3 is 10.1 Å². The van der Waals surface area contributed by atoms with E-state index in [1.54, 1.807) is 18.3 Å². The molecule has 1 heterocycles. The Morgan fingerprint density at radius 2 is 2.25 bits per heavy atom. The molecule has 1 rings (SSSR count). The van der Waals surface area contributed by atoms with Gasteiger partial charge in [0, 0.05) is 6.20 Å². The lowest BCUT2D eigenvalue weighted by molar-refractivity contribution is -0.130. The summed E-state index contributed by atoms with van der Waals surface area (Å²) in [7, 11) is 0. The Morgan fingerprint density at radius 1 is 1.50 bits per heavy atom. The molecule has 5 heteroatoms. The number of hydrogen-bond acceptors (Lipinski definition) is 4. The van der Waals surface area contributed by atoms with Gasteiger partial charge in [0.25, 0.3) is 0 Å². The monoisotopic (exact) mass is 223 g/mol. The molecule has 0 spiro atoms. The average molecular weight is 223 g/mol. The minimum Gasteiger partial charge on any atom is -0.366 e. The number of nitrogens with zero attached hydrogens (tertiary/aromatic N) is 2. The number of amides is 1. The smallest absolute Gasteiger partial charge is 0.246 e. The molecular weight excluding hydrogens is 206 g/mol. The second-order valence-corrected chi connectivity index (χ2v) is 4.39. The van der Waals surface area contributed by atoms with Crippen LogP contribution in [0.15, 0.2) is 18.3 Å². The average Bonchev–Trinajstić information content (AvgIpc) is 2.24. The van der Waals surface area contributed by atoms with E-state index in [1.807, 2.05) is 20.8 Å². The first-order valence-electron chi connectivity index (χ1n) is 5.14. The Labute approximate surface area is 95.2 Å². The molecule has 16 heavy (non-hydrogen) atoms. The van der Waals surface area contributed by atoms with Gasteiger partial charge in [-0.05, 0) is 32.9 Å². The highest BCUT2D eigenvalue weighted by atomic mass is 16.5. The summed E-state index contributed by atoms with van der Waals surface area (Å²) in [6.45, 7) is 6.15. The summed E-state index contributed by atoms with van der Waals surface area (Å²) >= 11 is 0. The summed E-state index contributed by atoms with van der Waals surface area (Å²) < 4.78 is 5.33. The standard InChI is InChI=1S/C11H17N3O2/c1-11(2,3)16-8-10(15)12-7-9-5-4-6-13-14-9/h4-6H,7-8H2,1-3H3,(H,12,15). The first-order chi connectivity index (χ1) is 7.47. The van der Waals surface area contributed by atoms with Crippen molar-refractivity contribution in [3.05, 3.63) is 24.0 Å². The van der Waals surface area contributed by atoms with Crippen molar-refractivity contribution in [2.45, 2.75) is 32.9 Å². The summed E-state index contributed by atoms with van der Waals surface area (Å²) in [5.41, 5.74) is 0.427. The summed E-state index contributed by atoms with van der Waals surface area (Å²) in [5.74, 6) is -0.152. The summed E-state index contributed by atoms with van der Waals surface area (Å²) in [6, 6.07) is 3.58. The fourth-order valence-electron chi connectivity index (χ4n) is 0.950. The highest BCUT2D eigenvalue weighted by Crippen LogP contribution is 2.05. The largest absolute Gasteiger partial charge is 0.366 e. The molecule has 0 aliphatic rings. The lowest BCUT2D eigenvalue weighted by Gasteiger charge is -2.18. The molecule has 0 fully saturated rings. The third kappa shape index (κ3) is 5.41. The third-order valence-electron chi connectivity index (χ3n) is 1.73. The molecule has 0 bridgehead atoms. The van der Waals surface area contributed by atoms with Crippen molar-refractivity contribution in [1.82, 2.24) is 15.5 Å². The van der Waals surface area contributed by atoms with Crippen LogP contribution < -0.4 is 5.32 Å². The number of ether oxygens (including phenoxy) is 1. The molecule has 88 valence electrons. The van der Waals surface area contributed by atoms with Crippen molar-refractivity contribution in [1.29, 1.82) is 0 Å². The minimum atomic E-state index is -0.302. The molecule has 5 nitrogen and oxygen atoms in total. The van der Waals surface area contributed by atoms with Crippen LogP contribution in [0.4, 0.5) is 0 Å². The predicted octanol–water partition coefficient (Wildman–Crippen LogP) is 0.908. The molecule has 0 aliphatic carbocycles. The van der Waals surface area contributed by atoms with Gasteiger partial charge in [-0.2, -0.15) is 10.2 Å². The van der Waals surface area contributed by atoms with E-state index in [2.05, 4.69) is 15.5 Å². The summed E-state index contributed by atoms with van der Waals surface area (Å²) in [5, 5.41) is 10.3. The van der Waals surface area contributed by atoms with E-state index in [-0.39, 0.29) is 18.1 Å². The molecule has 1 aromatic heterocycles. The Hall–Kier alpha value is -1.49. The summed E-state index contributed by atoms with van der Waals surface area (Å²) in [4.78, 5) is 11.4. The number of carbonyl (C=O) groups excluding carboxylic acids is 1. The van der Waals surface area contributed by atoms with Crippen molar-refractivity contribution in [2.75, 3.05) is 6.61 Å². The van der Waals surface area contributed by atoms with Crippen LogP contribution in [0.25, 0.3) is 0 Å². The number of aromatic nitrogens is 2. The van der Waals surface area contributed by atoms with E-state index >= 15 is 0 Å². The maximum Gasteiger partial charge on any atom is 0.246 e. The van der Waals surface area contributed by atoms with Crippen LogP contribution in [0.5, 0.6) is 0 Å². The van der Waals surface area contributed by atoms with E-state index in [4.69, 9.17) is 4.74 Å². The highest BCUT2D eigenvalue weighted by Gasteiger charge is 2.12. The number of hydrogen-bond donors (Lipinski definition) is 1. The Balaban J connectivity index is 2.26. The lowest BCUT2D eigenvalue weighted by atomic mass is 10.2. The molecule has 0 aliphatic heterocycles. The van der Waals surface area contributed by atoms with Crippen LogP contribution in [-0.4, -0.2) is 28.3 Å². The molecule has 0 unspecified atom stereocenters. The van der Waals surface area contributed by atoms with E-state index in [0.717, 1.165) is 5.69 Å². The Bertz CT molecular complexity index is 333. The van der Waals surface area contributed by atoms with Crippen LogP contribution in [-0.2, 0) is 16.1 Å². The number of carbonyl (C=O) groups is 1. The quantitative estimate of drug-likeness (QED) is 0.824. The van der Waals surface area contributed by atoms with Crippen molar-refractivity contribution in [2.24, 2.45) is 0 Å². The van der Waals surface area contributed by atoms with Crippen molar-refractivity contribution in [3.8, 4) is 0 Å². The van der Waals surface area contributed by atoms with Gasteiger partial charge in [-0.1, -0.05) is 0 Å². The Kier molecular flexibility index (Phi) is 4.37. The predicted molar refractivity (Wildman–Crippen MR) is 59.6 cm³/mol. The fraction of sp³-hybridized carbons (Fsp3) is 0.545. The molecule has 1 amide bonds. The zero-order valence-electron chi connectivity index (χ0n) is 9.86. The van der Waals surface area contributed by atoms with Gasteiger partial charge in [0.1, 0.15) is 6.61 Å². The van der Waals surface area contributed by atoms with E-state index in [1.165, 1.54) is 0 Å². The van der Waals surface area contributed by atoms with Crippen molar-refractivity contribution >= 4 is 5.91 Å². The third-order valence-corrected chi connectivity index (χ3v) is 1.73. The molecule has 0 aromatic carbocycles. The lowest BCUT2D eigenvalue weighted by Crippen LogP contribution is -2.31. The molecule has 1 N–H and O–H groups in total. The fourth-order valence-corrected chi connectivity index (χ4v) is 0.950. The van der Waals surface area contributed by atoms with Crippen LogP contribution in [0, 0.1) is 0 Å². The van der Waals surface area contributed by atoms with Crippen LogP contribution in [0.1, 0.15) is 26.5 Å². The van der Waals surface area contributed by atoms with Crippen molar-refractivity contribution < 1.29 is 9.53 Å². The van der Waals surface area contributed by atoms with Gasteiger partial charge >= 0.3 is 0 Å². The van der Waals surface area contributed by atoms with E-state index in [0.29, 0.717) is 6.54 Å². The van der Waals surface area contributed by atoms with E-state index in [9.17, 15) is 4.79 Å². The SMILES string of the molecule is CC(C)(C)OCC(=O)NCc1cccnn1. The van der Waals surface area contributed by atoms with Crippen LogP contribution in [0.3, 0.4) is 0 Å². The topological polar surface area (TPSA) is 64.1 Å². The van der Waals surface area contributed by atoms with Gasteiger partial charge in [0.2, 0.25) is 5.91 Å². The first-order valence-corrected chi connectivity index (χ1v) is 5.14. The molecule has 0 saturated carbocycles. The Morgan fingerprint density at radius 3 is 2.81 bits per heavy atom. The molecule has 1 aromatic rings. The second kappa shape index (κ2) is 5.55. The van der Waals surface area contributed by atoms with Gasteiger partial charge in [-0.25, -0.2) is 0 Å². The normalized spacial score (nSPS) is 11.2. The zero-order chi connectivity index (χ0) is 12.0. The molecule has 0 radical (unpaired) electrons. The van der Waals surface area contributed by atoms with Crippen molar-refractivity contribution in [3.63, 3.8) is 0 Å². The molecule has 0 saturated heterocycles. The second-order valence-electron chi connectivity index (χ2n) is 4.39. The molecular formula is C11H17N3O2. The first kappa shape index (κ1) is 12.6. The number of nitrogens with one attached hydrogen (secondary N) is 1. The van der Waals surface area contributed by atoms with Gasteiger partial charge in [0.05, 0.1) is 17.8 Å². The number of rotatable bonds is 4. The molecule has 0 atom stereocenters. The highest BCUT2D eigenvalue weighted by molar-refractivity contribution is 5.77. The maximum atomic E-state index is 11.4. The zero-order valence-corrected chi connectivity index (χ0v) is 9.86. The maximum absolute atomic E-state index is 11.4. The van der Waals surface area contributed by atoms with Crippen LogP contribution in [0.2, 0.25) is 0 Å².